The van der Waals surface area contributed by atoms with E-state index in [1.807, 2.05) is 0 Å². The topological polar surface area (TPSA) is 26.0 Å². The van der Waals surface area contributed by atoms with Gasteiger partial charge in [0.2, 0.25) is 0 Å². The number of hydrogen-bond acceptors (Lipinski definition) is 2. The van der Waals surface area contributed by atoms with E-state index in [1.54, 1.807) is 30.4 Å². The van der Waals surface area contributed by atoms with E-state index in [0.717, 1.165) is 24.3 Å². The van der Waals surface area contributed by atoms with Gasteiger partial charge in [-0.25, -0.2) is 0 Å². The number of alkyl halides is 6. The van der Waals surface area contributed by atoms with Crippen molar-refractivity contribution in [1.29, 1.82) is 0 Å². The van der Waals surface area contributed by atoms with Crippen LogP contribution >= 0.6 is 0 Å². The molecule has 0 saturated heterocycles. The molecule has 0 bridgehead atoms. The largest absolute Gasteiger partial charge is 0.416 e. The number of aromatic nitrogens is 1. The molecule has 0 unspecified atom stereocenters. The lowest BCUT2D eigenvalue weighted by atomic mass is 10.1. The van der Waals surface area contributed by atoms with Crippen molar-refractivity contribution in [3.63, 3.8) is 0 Å². The third-order valence-electron chi connectivity index (χ3n) is 3.91. The van der Waals surface area contributed by atoms with Crippen LogP contribution in [-0.4, -0.2) is 5.16 Å². The minimum Gasteiger partial charge on any atom is -0.356 e. The fraction of sp³-hybridized carbons (Fsp3) is 0.0952. The smallest absolute Gasteiger partial charge is 0.356 e. The van der Waals surface area contributed by atoms with Crippen LogP contribution in [-0.2, 0) is 12.4 Å². The summed E-state index contributed by atoms with van der Waals surface area (Å²) >= 11 is 0. The quantitative estimate of drug-likeness (QED) is 0.432. The molecule has 0 aliphatic rings. The fourth-order valence-electron chi connectivity index (χ4n) is 2.39. The molecule has 0 fully saturated rings. The van der Waals surface area contributed by atoms with Crippen LogP contribution in [0.15, 0.2) is 59.1 Å². The Hall–Kier alpha value is -3.29. The SMILES string of the molecule is FC(F)(F)c1ccc(/C=C/c2cc(/C=C/c3ccc(C(F)(F)F)cc3)on2)cc1. The number of halogens is 6. The standard InChI is InChI=1S/C21H13F6NO/c22-20(23,24)16-7-1-14(2-8-16)5-11-18-13-19(29-28-18)12-6-15-3-9-17(10-4-15)21(25,26)27/h1-13H/b11-5+,12-6+. The maximum Gasteiger partial charge on any atom is 0.416 e. The zero-order valence-electron chi connectivity index (χ0n) is 14.6. The Balaban J connectivity index is 1.64. The Morgan fingerprint density at radius 3 is 1.52 bits per heavy atom. The molecule has 3 rings (SSSR count). The summed E-state index contributed by atoms with van der Waals surface area (Å²) in [6.07, 6.45) is -2.50. The van der Waals surface area contributed by atoms with Crippen molar-refractivity contribution in [3.05, 3.63) is 88.3 Å². The molecule has 0 amide bonds. The average molecular weight is 409 g/mol. The number of rotatable bonds is 4. The molecule has 150 valence electrons. The molecule has 1 aromatic heterocycles. The van der Waals surface area contributed by atoms with Gasteiger partial charge in [0.25, 0.3) is 0 Å². The van der Waals surface area contributed by atoms with Crippen LogP contribution in [0, 0.1) is 0 Å². The van der Waals surface area contributed by atoms with Crippen molar-refractivity contribution in [2.24, 2.45) is 0 Å². The summed E-state index contributed by atoms with van der Waals surface area (Å²) in [7, 11) is 0. The average Bonchev–Trinajstić information content (AvgIpc) is 3.12. The lowest BCUT2D eigenvalue weighted by Gasteiger charge is -2.05. The van der Waals surface area contributed by atoms with E-state index in [4.69, 9.17) is 4.52 Å². The van der Waals surface area contributed by atoms with E-state index >= 15 is 0 Å². The second-order valence-corrected chi connectivity index (χ2v) is 6.06. The first-order valence-electron chi connectivity index (χ1n) is 8.29. The predicted molar refractivity (Wildman–Crippen MR) is 97.2 cm³/mol. The molecule has 3 aromatic rings. The van der Waals surface area contributed by atoms with Gasteiger partial charge < -0.3 is 4.52 Å². The van der Waals surface area contributed by atoms with Crippen molar-refractivity contribution in [2.45, 2.75) is 12.4 Å². The highest BCUT2D eigenvalue weighted by molar-refractivity contribution is 5.71. The summed E-state index contributed by atoms with van der Waals surface area (Å²) in [5.74, 6) is 0.372. The minimum absolute atomic E-state index is 0.372. The lowest BCUT2D eigenvalue weighted by Crippen LogP contribution is -2.03. The van der Waals surface area contributed by atoms with E-state index in [2.05, 4.69) is 5.16 Å². The van der Waals surface area contributed by atoms with Gasteiger partial charge in [0.15, 0.2) is 5.76 Å². The molecule has 2 aromatic carbocycles. The van der Waals surface area contributed by atoms with E-state index in [0.29, 0.717) is 22.6 Å². The molecule has 0 radical (unpaired) electrons. The van der Waals surface area contributed by atoms with E-state index in [-0.39, 0.29) is 0 Å². The van der Waals surface area contributed by atoms with Gasteiger partial charge in [-0.3, -0.25) is 0 Å². The first kappa shape index (κ1) is 20.4. The first-order valence-corrected chi connectivity index (χ1v) is 8.29. The summed E-state index contributed by atoms with van der Waals surface area (Å²) in [5, 5.41) is 3.80. The Morgan fingerprint density at radius 2 is 1.07 bits per heavy atom. The first-order chi connectivity index (χ1) is 13.6. The monoisotopic (exact) mass is 409 g/mol. The molecule has 1 heterocycles. The van der Waals surface area contributed by atoms with Crippen molar-refractivity contribution >= 4 is 24.3 Å². The highest BCUT2D eigenvalue weighted by Crippen LogP contribution is 2.30. The van der Waals surface area contributed by atoms with Gasteiger partial charge in [0.1, 0.15) is 5.69 Å². The molecular formula is C21H13F6NO. The van der Waals surface area contributed by atoms with Gasteiger partial charge in [-0.15, -0.1) is 0 Å². The Morgan fingerprint density at radius 1 is 0.621 bits per heavy atom. The van der Waals surface area contributed by atoms with E-state index in [1.165, 1.54) is 24.3 Å². The molecule has 2 nitrogen and oxygen atoms in total. The third-order valence-corrected chi connectivity index (χ3v) is 3.91. The van der Waals surface area contributed by atoms with Gasteiger partial charge >= 0.3 is 12.4 Å². The summed E-state index contributed by atoms with van der Waals surface area (Å²) < 4.78 is 80.4. The van der Waals surface area contributed by atoms with Gasteiger partial charge in [0, 0.05) is 6.07 Å². The molecular weight excluding hydrogens is 396 g/mol. The summed E-state index contributed by atoms with van der Waals surface area (Å²) in [6.45, 7) is 0. The number of benzene rings is 2. The van der Waals surface area contributed by atoms with Crippen molar-refractivity contribution in [2.75, 3.05) is 0 Å². The van der Waals surface area contributed by atoms with E-state index < -0.39 is 23.5 Å². The van der Waals surface area contributed by atoms with Crippen LogP contribution < -0.4 is 0 Å². The van der Waals surface area contributed by atoms with Gasteiger partial charge in [-0.2, -0.15) is 26.3 Å². The molecule has 0 aliphatic carbocycles. The van der Waals surface area contributed by atoms with Crippen LogP contribution in [0.3, 0.4) is 0 Å². The van der Waals surface area contributed by atoms with Crippen molar-refractivity contribution in [1.82, 2.24) is 5.16 Å². The third kappa shape index (κ3) is 5.60. The van der Waals surface area contributed by atoms with Crippen molar-refractivity contribution < 1.29 is 30.9 Å². The van der Waals surface area contributed by atoms with Crippen molar-refractivity contribution in [3.8, 4) is 0 Å². The molecule has 29 heavy (non-hydrogen) atoms. The molecule has 0 saturated carbocycles. The summed E-state index contributed by atoms with van der Waals surface area (Å²) in [6, 6.07) is 10.9. The Bertz CT molecular complexity index is 927. The van der Waals surface area contributed by atoms with Crippen LogP contribution in [0.1, 0.15) is 33.7 Å². The molecule has 0 atom stereocenters. The number of nitrogens with zero attached hydrogens (tertiary/aromatic N) is 1. The predicted octanol–water partition coefficient (Wildman–Crippen LogP) is 7.05. The summed E-state index contributed by atoms with van der Waals surface area (Å²) in [4.78, 5) is 0. The minimum atomic E-state index is -4.39. The van der Waals surface area contributed by atoms with Gasteiger partial charge in [-0.05, 0) is 47.5 Å². The maximum atomic E-state index is 12.5. The molecule has 0 spiro atoms. The number of hydrogen-bond donors (Lipinski definition) is 0. The fourth-order valence-corrected chi connectivity index (χ4v) is 2.39. The zero-order valence-corrected chi connectivity index (χ0v) is 14.6. The highest BCUT2D eigenvalue weighted by Gasteiger charge is 2.30. The van der Waals surface area contributed by atoms with Gasteiger partial charge in [0.05, 0.1) is 11.1 Å². The normalized spacial score (nSPS) is 12.9. The molecule has 8 heteroatoms. The van der Waals surface area contributed by atoms with Crippen LogP contribution in [0.25, 0.3) is 24.3 Å². The van der Waals surface area contributed by atoms with Crippen LogP contribution in [0.2, 0.25) is 0 Å². The van der Waals surface area contributed by atoms with E-state index in [9.17, 15) is 26.3 Å². The lowest BCUT2D eigenvalue weighted by molar-refractivity contribution is -0.138. The molecule has 0 N–H and O–H groups in total. The Kier molecular flexibility index (Phi) is 5.63. The summed E-state index contributed by atoms with van der Waals surface area (Å²) in [5.41, 5.74) is 0.0906. The molecule has 0 aliphatic heterocycles. The van der Waals surface area contributed by atoms with Gasteiger partial charge in [-0.1, -0.05) is 41.6 Å². The Labute approximate surface area is 161 Å². The highest BCUT2D eigenvalue weighted by atomic mass is 19.4. The van der Waals surface area contributed by atoms with Crippen LogP contribution in [0.4, 0.5) is 26.3 Å². The second kappa shape index (κ2) is 7.98. The zero-order chi connectivity index (χ0) is 21.1. The maximum absolute atomic E-state index is 12.5. The van der Waals surface area contributed by atoms with Crippen LogP contribution in [0.5, 0.6) is 0 Å². The second-order valence-electron chi connectivity index (χ2n) is 6.06.